The molecule has 1 aliphatic carbocycles. The Morgan fingerprint density at radius 3 is 2.89 bits per heavy atom. The second-order valence-corrected chi connectivity index (χ2v) is 6.43. The minimum atomic E-state index is -1.02. The first-order valence-electron chi connectivity index (χ1n) is 6.37. The summed E-state index contributed by atoms with van der Waals surface area (Å²) in [5, 5.41) is 4.06. The van der Waals surface area contributed by atoms with Crippen LogP contribution in [0.3, 0.4) is 0 Å². The molecule has 0 bridgehead atoms. The van der Waals surface area contributed by atoms with E-state index in [4.69, 9.17) is 0 Å². The van der Waals surface area contributed by atoms with E-state index in [1.54, 1.807) is 4.68 Å². The van der Waals surface area contributed by atoms with Crippen LogP contribution in [0.4, 0.5) is 0 Å². The molecule has 2 rings (SSSR count). The van der Waals surface area contributed by atoms with Crippen LogP contribution >= 0.6 is 0 Å². The summed E-state index contributed by atoms with van der Waals surface area (Å²) in [5.41, 5.74) is -0.102. The lowest BCUT2D eigenvalue weighted by molar-refractivity contribution is -0.141. The Balaban J connectivity index is 1.90. The Bertz CT molecular complexity index is 482. The number of ether oxygens (including phenoxy) is 1. The highest BCUT2D eigenvalue weighted by atomic mass is 32.2. The van der Waals surface area contributed by atoms with Crippen molar-refractivity contribution in [1.29, 1.82) is 0 Å². The molecule has 0 aliphatic heterocycles. The molecule has 1 aromatic rings. The topological polar surface area (TPSA) is 74.1 Å². The number of nitrogens with zero attached hydrogens (tertiary/aromatic N) is 3. The Hall–Kier alpha value is -1.24. The minimum absolute atomic E-state index is 0.102. The van der Waals surface area contributed by atoms with Gasteiger partial charge in [-0.3, -0.25) is 9.00 Å². The van der Waals surface area contributed by atoms with Crippen LogP contribution in [0.5, 0.6) is 0 Å². The van der Waals surface area contributed by atoms with Gasteiger partial charge in [0.05, 0.1) is 19.3 Å². The molecule has 7 heteroatoms. The molecule has 19 heavy (non-hydrogen) atoms. The average molecular weight is 285 g/mol. The lowest BCUT2D eigenvalue weighted by Crippen LogP contribution is -2.19. The summed E-state index contributed by atoms with van der Waals surface area (Å²) in [7, 11) is 0.370. The van der Waals surface area contributed by atoms with Crippen molar-refractivity contribution in [1.82, 2.24) is 14.8 Å². The van der Waals surface area contributed by atoms with Gasteiger partial charge in [0.25, 0.3) is 0 Å². The van der Waals surface area contributed by atoms with E-state index in [1.807, 2.05) is 6.92 Å². The van der Waals surface area contributed by atoms with Crippen LogP contribution in [0.15, 0.2) is 6.33 Å². The molecule has 1 aromatic heterocycles. The van der Waals surface area contributed by atoms with Crippen molar-refractivity contribution in [3.05, 3.63) is 12.2 Å². The highest BCUT2D eigenvalue weighted by Crippen LogP contribution is 2.49. The van der Waals surface area contributed by atoms with E-state index in [-0.39, 0.29) is 11.4 Å². The summed E-state index contributed by atoms with van der Waals surface area (Å²) in [5.74, 6) is 1.47. The SMILES string of the molecule is CCn1ncnc1CS(=O)CC1(CC(=O)OC)CC1. The molecule has 1 atom stereocenters. The summed E-state index contributed by atoms with van der Waals surface area (Å²) < 4.78 is 18.6. The van der Waals surface area contributed by atoms with E-state index < -0.39 is 10.8 Å². The second-order valence-electron chi connectivity index (χ2n) is 4.97. The van der Waals surface area contributed by atoms with Gasteiger partial charge < -0.3 is 4.74 Å². The third-order valence-corrected chi connectivity index (χ3v) is 4.97. The number of hydrogen-bond acceptors (Lipinski definition) is 5. The smallest absolute Gasteiger partial charge is 0.306 e. The average Bonchev–Trinajstić information content (AvgIpc) is 2.97. The molecule has 6 nitrogen and oxygen atoms in total. The fourth-order valence-corrected chi connectivity index (χ4v) is 3.82. The van der Waals surface area contributed by atoms with E-state index in [9.17, 15) is 9.00 Å². The molecule has 0 aromatic carbocycles. The van der Waals surface area contributed by atoms with Crippen molar-refractivity contribution in [2.24, 2.45) is 5.41 Å². The molecule has 0 spiro atoms. The Labute approximate surface area is 115 Å². The van der Waals surface area contributed by atoms with Gasteiger partial charge in [0.15, 0.2) is 0 Å². The number of aryl methyl sites for hydroxylation is 1. The maximum Gasteiger partial charge on any atom is 0.306 e. The van der Waals surface area contributed by atoms with Crippen molar-refractivity contribution < 1.29 is 13.7 Å². The van der Waals surface area contributed by atoms with E-state index in [1.165, 1.54) is 13.4 Å². The minimum Gasteiger partial charge on any atom is -0.469 e. The molecular weight excluding hydrogens is 266 g/mol. The summed E-state index contributed by atoms with van der Waals surface area (Å²) in [6.07, 6.45) is 3.76. The Kier molecular flexibility index (Phi) is 4.34. The standard InChI is InChI=1S/C12H19N3O3S/c1-3-15-10(13-9-14-15)7-19(17)8-12(4-5-12)6-11(16)18-2/h9H,3-8H2,1-2H3. The summed E-state index contributed by atoms with van der Waals surface area (Å²) >= 11 is 0. The van der Waals surface area contributed by atoms with Gasteiger partial charge in [-0.15, -0.1) is 0 Å². The molecule has 0 amide bonds. The molecule has 0 saturated heterocycles. The molecule has 106 valence electrons. The number of carbonyl (C=O) groups excluding carboxylic acids is 1. The Morgan fingerprint density at radius 1 is 1.58 bits per heavy atom. The van der Waals surface area contributed by atoms with Gasteiger partial charge >= 0.3 is 5.97 Å². The predicted octanol–water partition coefficient (Wildman–Crippen LogP) is 0.890. The van der Waals surface area contributed by atoms with E-state index in [0.29, 0.717) is 17.9 Å². The van der Waals surface area contributed by atoms with Gasteiger partial charge in [-0.1, -0.05) is 0 Å². The molecule has 1 heterocycles. The van der Waals surface area contributed by atoms with Crippen molar-refractivity contribution in [3.63, 3.8) is 0 Å². The highest BCUT2D eigenvalue weighted by molar-refractivity contribution is 7.84. The van der Waals surface area contributed by atoms with Crippen LogP contribution in [0.2, 0.25) is 0 Å². The van der Waals surface area contributed by atoms with Crippen molar-refractivity contribution in [3.8, 4) is 0 Å². The Morgan fingerprint density at radius 2 is 2.32 bits per heavy atom. The van der Waals surface area contributed by atoms with Gasteiger partial charge in [0.1, 0.15) is 12.2 Å². The molecular formula is C12H19N3O3S. The number of carbonyl (C=O) groups is 1. The first-order valence-corrected chi connectivity index (χ1v) is 7.86. The van der Waals surface area contributed by atoms with Crippen molar-refractivity contribution in [2.45, 2.75) is 38.5 Å². The van der Waals surface area contributed by atoms with E-state index in [2.05, 4.69) is 14.8 Å². The number of rotatable bonds is 7. The lowest BCUT2D eigenvalue weighted by atomic mass is 10.1. The van der Waals surface area contributed by atoms with Crippen LogP contribution in [-0.4, -0.2) is 37.8 Å². The molecule has 1 saturated carbocycles. The fraction of sp³-hybridized carbons (Fsp3) is 0.750. The van der Waals surface area contributed by atoms with Gasteiger partial charge in [-0.2, -0.15) is 5.10 Å². The molecule has 1 fully saturated rings. The highest BCUT2D eigenvalue weighted by Gasteiger charge is 2.45. The number of hydrogen-bond donors (Lipinski definition) is 0. The number of methoxy groups -OCH3 is 1. The van der Waals surface area contributed by atoms with Crippen LogP contribution in [0.25, 0.3) is 0 Å². The first-order chi connectivity index (χ1) is 9.08. The van der Waals surface area contributed by atoms with Crippen molar-refractivity contribution in [2.75, 3.05) is 12.9 Å². The van der Waals surface area contributed by atoms with Crippen LogP contribution < -0.4 is 0 Å². The number of aromatic nitrogens is 3. The predicted molar refractivity (Wildman–Crippen MR) is 70.7 cm³/mol. The third-order valence-electron chi connectivity index (χ3n) is 3.46. The quantitative estimate of drug-likeness (QED) is 0.696. The van der Waals surface area contributed by atoms with E-state index in [0.717, 1.165) is 25.2 Å². The van der Waals surface area contributed by atoms with Gasteiger partial charge in [0.2, 0.25) is 0 Å². The van der Waals surface area contributed by atoms with Crippen LogP contribution in [0, 0.1) is 5.41 Å². The first kappa shape index (κ1) is 14.2. The zero-order valence-electron chi connectivity index (χ0n) is 11.3. The largest absolute Gasteiger partial charge is 0.469 e. The third kappa shape index (κ3) is 3.62. The maximum atomic E-state index is 12.2. The molecule has 1 unspecified atom stereocenters. The van der Waals surface area contributed by atoms with Gasteiger partial charge in [0, 0.05) is 23.1 Å². The zero-order valence-corrected chi connectivity index (χ0v) is 12.1. The monoisotopic (exact) mass is 285 g/mol. The van der Waals surface area contributed by atoms with Gasteiger partial charge in [-0.25, -0.2) is 9.67 Å². The van der Waals surface area contributed by atoms with Gasteiger partial charge in [-0.05, 0) is 25.2 Å². The maximum absolute atomic E-state index is 12.2. The van der Waals surface area contributed by atoms with Crippen molar-refractivity contribution >= 4 is 16.8 Å². The molecule has 0 radical (unpaired) electrons. The normalized spacial score (nSPS) is 18.0. The molecule has 0 N–H and O–H groups in total. The summed E-state index contributed by atoms with van der Waals surface area (Å²) in [6.45, 7) is 2.70. The zero-order chi connectivity index (χ0) is 13.9. The number of esters is 1. The summed E-state index contributed by atoms with van der Waals surface area (Å²) in [4.78, 5) is 15.4. The second kappa shape index (κ2) is 5.81. The fourth-order valence-electron chi connectivity index (χ4n) is 2.13. The van der Waals surface area contributed by atoms with Crippen LogP contribution in [-0.2, 0) is 32.6 Å². The molecule has 1 aliphatic rings. The lowest BCUT2D eigenvalue weighted by Gasteiger charge is -2.13. The van der Waals surface area contributed by atoms with E-state index >= 15 is 0 Å². The summed E-state index contributed by atoms with van der Waals surface area (Å²) in [6, 6.07) is 0. The van der Waals surface area contributed by atoms with Crippen LogP contribution in [0.1, 0.15) is 32.0 Å².